The molecule has 1 amide bonds. The number of benzene rings is 1. The lowest BCUT2D eigenvalue weighted by Gasteiger charge is -2.30. The van der Waals surface area contributed by atoms with Gasteiger partial charge in [0.05, 0.1) is 24.6 Å². The molecule has 2 heterocycles. The zero-order valence-corrected chi connectivity index (χ0v) is 16.1. The molecule has 1 aliphatic heterocycles. The number of para-hydroxylation sites is 2. The number of carbonyl (C=O) groups is 1. The lowest BCUT2D eigenvalue weighted by molar-refractivity contribution is 0.102. The molecule has 1 aliphatic carbocycles. The van der Waals surface area contributed by atoms with Crippen LogP contribution in [-0.2, 0) is 4.74 Å². The number of carbonyl (C=O) groups excluding carboxylic acids is 1. The van der Waals surface area contributed by atoms with Crippen LogP contribution in [0.1, 0.15) is 42.6 Å². The van der Waals surface area contributed by atoms with Crippen LogP contribution in [0.3, 0.4) is 0 Å². The second-order valence-corrected chi connectivity index (χ2v) is 7.34. The number of ether oxygens (including phenoxy) is 1. The zero-order chi connectivity index (χ0) is 19.2. The smallest absolute Gasteiger partial charge is 0.274 e. The standard InChI is InChI=1S/C21H27N5O2/c27-21(18-14-20(23-15-22-18)24-16-6-2-1-3-7-16)25-17-8-4-5-9-19(17)26-10-12-28-13-11-26/h4-5,8-9,14-16H,1-3,6-7,10-13H2,(H,25,27)(H,22,23,24). The van der Waals surface area contributed by atoms with E-state index in [0.29, 0.717) is 30.8 Å². The molecule has 1 saturated carbocycles. The molecule has 7 nitrogen and oxygen atoms in total. The second kappa shape index (κ2) is 9.01. The summed E-state index contributed by atoms with van der Waals surface area (Å²) in [5.74, 6) is 0.489. The molecule has 28 heavy (non-hydrogen) atoms. The van der Waals surface area contributed by atoms with E-state index in [-0.39, 0.29) is 5.91 Å². The maximum absolute atomic E-state index is 12.8. The molecular weight excluding hydrogens is 354 g/mol. The Kier molecular flexibility index (Phi) is 6.01. The maximum atomic E-state index is 12.8. The number of amides is 1. The molecule has 0 radical (unpaired) electrons. The van der Waals surface area contributed by atoms with Crippen LogP contribution in [0.4, 0.5) is 17.2 Å². The summed E-state index contributed by atoms with van der Waals surface area (Å²) in [6.07, 6.45) is 7.55. The molecule has 1 aromatic heterocycles. The Morgan fingerprint density at radius 2 is 1.86 bits per heavy atom. The summed E-state index contributed by atoms with van der Waals surface area (Å²) < 4.78 is 5.43. The fraction of sp³-hybridized carbons (Fsp3) is 0.476. The van der Waals surface area contributed by atoms with E-state index < -0.39 is 0 Å². The van der Waals surface area contributed by atoms with Gasteiger partial charge in [0, 0.05) is 25.2 Å². The molecule has 1 saturated heterocycles. The molecular formula is C21H27N5O2. The predicted molar refractivity (Wildman–Crippen MR) is 110 cm³/mol. The highest BCUT2D eigenvalue weighted by molar-refractivity contribution is 6.05. The molecule has 7 heteroatoms. The molecule has 148 valence electrons. The Morgan fingerprint density at radius 1 is 1.07 bits per heavy atom. The van der Waals surface area contributed by atoms with E-state index in [1.165, 1.54) is 25.6 Å². The highest BCUT2D eigenvalue weighted by Crippen LogP contribution is 2.27. The van der Waals surface area contributed by atoms with Gasteiger partial charge in [-0.05, 0) is 25.0 Å². The number of nitrogens with zero attached hydrogens (tertiary/aromatic N) is 3. The van der Waals surface area contributed by atoms with Crippen molar-refractivity contribution >= 4 is 23.1 Å². The van der Waals surface area contributed by atoms with E-state index >= 15 is 0 Å². The second-order valence-electron chi connectivity index (χ2n) is 7.34. The molecule has 0 unspecified atom stereocenters. The number of hydrogen-bond donors (Lipinski definition) is 2. The van der Waals surface area contributed by atoms with Gasteiger partial charge < -0.3 is 20.3 Å². The Hall–Kier alpha value is -2.67. The number of nitrogens with one attached hydrogen (secondary N) is 2. The first-order valence-electron chi connectivity index (χ1n) is 10.1. The quantitative estimate of drug-likeness (QED) is 0.827. The molecule has 0 atom stereocenters. The van der Waals surface area contributed by atoms with Gasteiger partial charge in [-0.2, -0.15) is 0 Å². The average molecular weight is 381 g/mol. The predicted octanol–water partition coefficient (Wildman–Crippen LogP) is 3.31. The van der Waals surface area contributed by atoms with Gasteiger partial charge in [0.15, 0.2) is 0 Å². The minimum Gasteiger partial charge on any atom is -0.378 e. The van der Waals surface area contributed by atoms with Gasteiger partial charge in [0.2, 0.25) is 0 Å². The third kappa shape index (κ3) is 4.59. The zero-order valence-electron chi connectivity index (χ0n) is 16.1. The fourth-order valence-corrected chi connectivity index (χ4v) is 3.86. The van der Waals surface area contributed by atoms with E-state index in [1.54, 1.807) is 6.07 Å². The van der Waals surface area contributed by atoms with Crippen molar-refractivity contribution in [3.05, 3.63) is 42.4 Å². The first-order chi connectivity index (χ1) is 13.8. The normalized spacial score (nSPS) is 17.9. The summed E-state index contributed by atoms with van der Waals surface area (Å²) in [5.41, 5.74) is 2.16. The summed E-state index contributed by atoms with van der Waals surface area (Å²) in [5, 5.41) is 6.47. The number of rotatable bonds is 5. The van der Waals surface area contributed by atoms with E-state index in [0.717, 1.165) is 37.3 Å². The lowest BCUT2D eigenvalue weighted by atomic mass is 9.95. The van der Waals surface area contributed by atoms with E-state index in [4.69, 9.17) is 4.74 Å². The SMILES string of the molecule is O=C(Nc1ccccc1N1CCOCC1)c1cc(NC2CCCCC2)ncn1. The van der Waals surface area contributed by atoms with Gasteiger partial charge >= 0.3 is 0 Å². The van der Waals surface area contributed by atoms with Gasteiger partial charge in [-0.15, -0.1) is 0 Å². The van der Waals surface area contributed by atoms with E-state index in [2.05, 4.69) is 25.5 Å². The number of aromatic nitrogens is 2. The molecule has 2 N–H and O–H groups in total. The van der Waals surface area contributed by atoms with Crippen molar-refractivity contribution in [2.24, 2.45) is 0 Å². The first kappa shape index (κ1) is 18.7. The van der Waals surface area contributed by atoms with Crippen LogP contribution in [0.5, 0.6) is 0 Å². The number of hydrogen-bond acceptors (Lipinski definition) is 6. The van der Waals surface area contributed by atoms with Crippen LogP contribution < -0.4 is 15.5 Å². The number of anilines is 3. The van der Waals surface area contributed by atoms with Gasteiger partial charge in [0.1, 0.15) is 17.8 Å². The van der Waals surface area contributed by atoms with Crippen molar-refractivity contribution in [3.63, 3.8) is 0 Å². The molecule has 2 fully saturated rings. The Bertz CT molecular complexity index is 801. The highest BCUT2D eigenvalue weighted by atomic mass is 16.5. The van der Waals surface area contributed by atoms with Crippen LogP contribution in [-0.4, -0.2) is 48.2 Å². The summed E-state index contributed by atoms with van der Waals surface area (Å²) in [6.45, 7) is 3.03. The van der Waals surface area contributed by atoms with Crippen molar-refractivity contribution in [1.29, 1.82) is 0 Å². The fourth-order valence-electron chi connectivity index (χ4n) is 3.86. The van der Waals surface area contributed by atoms with Gasteiger partial charge in [-0.3, -0.25) is 4.79 Å². The van der Waals surface area contributed by atoms with E-state index in [9.17, 15) is 4.79 Å². The van der Waals surface area contributed by atoms with Crippen molar-refractivity contribution in [2.45, 2.75) is 38.1 Å². The minimum atomic E-state index is -0.227. The topological polar surface area (TPSA) is 79.4 Å². The molecule has 2 aromatic rings. The Morgan fingerprint density at radius 3 is 2.68 bits per heavy atom. The van der Waals surface area contributed by atoms with Crippen LogP contribution in [0.25, 0.3) is 0 Å². The van der Waals surface area contributed by atoms with Crippen LogP contribution in [0.2, 0.25) is 0 Å². The average Bonchev–Trinajstić information content (AvgIpc) is 2.76. The van der Waals surface area contributed by atoms with Crippen molar-refractivity contribution in [2.75, 3.05) is 41.8 Å². The maximum Gasteiger partial charge on any atom is 0.274 e. The third-order valence-electron chi connectivity index (χ3n) is 5.36. The first-order valence-corrected chi connectivity index (χ1v) is 10.1. The summed E-state index contributed by atoms with van der Waals surface area (Å²) >= 11 is 0. The van der Waals surface area contributed by atoms with Crippen LogP contribution in [0, 0.1) is 0 Å². The molecule has 4 rings (SSSR count). The van der Waals surface area contributed by atoms with Crippen molar-refractivity contribution in [3.8, 4) is 0 Å². The van der Waals surface area contributed by atoms with Crippen LogP contribution >= 0.6 is 0 Å². The lowest BCUT2D eigenvalue weighted by Crippen LogP contribution is -2.36. The van der Waals surface area contributed by atoms with Gasteiger partial charge in [-0.1, -0.05) is 31.4 Å². The molecule has 1 aromatic carbocycles. The Balaban J connectivity index is 1.46. The monoisotopic (exact) mass is 381 g/mol. The molecule has 0 bridgehead atoms. The van der Waals surface area contributed by atoms with Crippen LogP contribution in [0.15, 0.2) is 36.7 Å². The highest BCUT2D eigenvalue weighted by Gasteiger charge is 2.18. The van der Waals surface area contributed by atoms with Gasteiger partial charge in [-0.25, -0.2) is 9.97 Å². The van der Waals surface area contributed by atoms with E-state index in [1.807, 2.05) is 24.3 Å². The Labute approximate surface area is 165 Å². The van der Waals surface area contributed by atoms with Gasteiger partial charge in [0.25, 0.3) is 5.91 Å². The number of morpholine rings is 1. The largest absolute Gasteiger partial charge is 0.378 e. The summed E-state index contributed by atoms with van der Waals surface area (Å²) in [7, 11) is 0. The summed E-state index contributed by atoms with van der Waals surface area (Å²) in [6, 6.07) is 10.0. The van der Waals surface area contributed by atoms with Crippen molar-refractivity contribution < 1.29 is 9.53 Å². The molecule has 2 aliphatic rings. The van der Waals surface area contributed by atoms with Crippen molar-refractivity contribution in [1.82, 2.24) is 9.97 Å². The summed E-state index contributed by atoms with van der Waals surface area (Å²) in [4.78, 5) is 23.5. The molecule has 0 spiro atoms. The third-order valence-corrected chi connectivity index (χ3v) is 5.36. The minimum absolute atomic E-state index is 0.227.